The smallest absolute Gasteiger partial charge is 0.254 e. The van der Waals surface area contributed by atoms with Gasteiger partial charge in [0.2, 0.25) is 0 Å². The number of nitrogens with zero attached hydrogens (tertiary/aromatic N) is 10. The number of aromatic nitrogens is 8. The molecule has 8 N–H and O–H groups in total. The summed E-state index contributed by atoms with van der Waals surface area (Å²) in [7, 11) is 0. The van der Waals surface area contributed by atoms with Crippen molar-refractivity contribution in [1.29, 1.82) is 0 Å². The highest BCUT2D eigenvalue weighted by Crippen LogP contribution is 2.35. The van der Waals surface area contributed by atoms with Crippen LogP contribution < -0.4 is 42.5 Å². The zero-order chi connectivity index (χ0) is 72.2. The number of amides is 5. The molecule has 0 unspecified atom stereocenters. The van der Waals surface area contributed by atoms with Gasteiger partial charge in [-0.3, -0.25) is 42.1 Å². The van der Waals surface area contributed by atoms with Gasteiger partial charge in [0.1, 0.15) is 5.82 Å². The molecule has 0 aliphatic carbocycles. The summed E-state index contributed by atoms with van der Waals surface area (Å²) in [5, 5.41) is 24.7. The van der Waals surface area contributed by atoms with Crippen molar-refractivity contribution < 1.29 is 28.4 Å². The van der Waals surface area contributed by atoms with Crippen LogP contribution in [0.3, 0.4) is 0 Å². The van der Waals surface area contributed by atoms with E-state index < -0.39 is 11.7 Å². The van der Waals surface area contributed by atoms with Crippen LogP contribution in [0.4, 0.5) is 38.5 Å². The first-order valence-electron chi connectivity index (χ1n) is 35.9. The van der Waals surface area contributed by atoms with Crippen LogP contribution in [0, 0.1) is 5.82 Å². The zero-order valence-corrected chi connectivity index (χ0v) is 58.3. The number of halogens is 1. The molecule has 0 saturated carbocycles. The molecule has 532 valence electrons. The molecule has 13 aromatic rings. The summed E-state index contributed by atoms with van der Waals surface area (Å²) in [5.41, 5.74) is 20.1. The molecule has 6 aromatic carbocycles. The SMILES string of the molecule is CCN1CCC[C@H]1CNC(=O)c1ccc(Nc2ccc(-c3ccc4c(c3)CNC4=O)n3ccnc23)cc1F.O=C(NCCN1CCCCC1)c1ccc(Nc2ccc(-c3ccc4c(c3)CNC4=O)n3ccnc23)cc1.O=C1NCc2cc(-c3ccc(Nc4ccc(-n5ccnc5)cc4)c4nccn34)ccc21. The number of pyridine rings is 3. The molecule has 7 aromatic heterocycles. The van der Waals surface area contributed by atoms with Crippen LogP contribution in [0.15, 0.2) is 214 Å². The Morgan fingerprint density at radius 2 is 0.991 bits per heavy atom. The molecule has 0 bridgehead atoms. The lowest BCUT2D eigenvalue weighted by molar-refractivity contribution is 0.0931. The second-order valence-corrected chi connectivity index (χ2v) is 26.9. The third-order valence-electron chi connectivity index (χ3n) is 20.3. The van der Waals surface area contributed by atoms with Gasteiger partial charge in [-0.05, 0) is 225 Å². The molecule has 23 nitrogen and oxygen atoms in total. The summed E-state index contributed by atoms with van der Waals surface area (Å²) in [6, 6.07) is 50.2. The summed E-state index contributed by atoms with van der Waals surface area (Å²) < 4.78 is 23.0. The van der Waals surface area contributed by atoms with Crippen LogP contribution in [-0.2, 0) is 19.6 Å². The number of likely N-dealkylation sites (tertiary alicyclic amines) is 2. The van der Waals surface area contributed by atoms with E-state index in [9.17, 15) is 28.4 Å². The molecule has 5 aliphatic rings. The summed E-state index contributed by atoms with van der Waals surface area (Å²) in [4.78, 5) is 83.4. The molecule has 106 heavy (non-hydrogen) atoms. The lowest BCUT2D eigenvalue weighted by Crippen LogP contribution is -2.40. The van der Waals surface area contributed by atoms with Gasteiger partial charge < -0.3 is 52.0 Å². The van der Waals surface area contributed by atoms with Crippen LogP contribution in [0.1, 0.15) is 108 Å². The summed E-state index contributed by atoms with van der Waals surface area (Å²) >= 11 is 0. The van der Waals surface area contributed by atoms with Gasteiger partial charge in [0.25, 0.3) is 29.5 Å². The zero-order valence-electron chi connectivity index (χ0n) is 58.3. The Bertz CT molecular complexity index is 5490. The van der Waals surface area contributed by atoms with Crippen LogP contribution in [0.5, 0.6) is 0 Å². The molecular formula is C82H77FN18O5. The second kappa shape index (κ2) is 29.9. The highest BCUT2D eigenvalue weighted by atomic mass is 19.1. The number of benzene rings is 6. The number of imidazole rings is 4. The fourth-order valence-electron chi connectivity index (χ4n) is 14.8. The van der Waals surface area contributed by atoms with Gasteiger partial charge in [-0.25, -0.2) is 24.3 Å². The van der Waals surface area contributed by atoms with Crippen LogP contribution in [0.25, 0.3) is 56.4 Å². The molecular weight excluding hydrogens is 1340 g/mol. The van der Waals surface area contributed by atoms with Crippen LogP contribution in [-0.4, -0.2) is 129 Å². The topological polar surface area (TPSA) is 258 Å². The van der Waals surface area contributed by atoms with Gasteiger partial charge in [-0.2, -0.15) is 0 Å². The maximum Gasteiger partial charge on any atom is 0.254 e. The number of anilines is 6. The molecule has 0 spiro atoms. The number of rotatable bonds is 18. The van der Waals surface area contributed by atoms with E-state index in [4.69, 9.17) is 0 Å². The number of carbonyl (C=O) groups excluding carboxylic acids is 5. The Labute approximate surface area is 610 Å². The van der Waals surface area contributed by atoms with Crippen LogP contribution in [0.2, 0.25) is 0 Å². The molecule has 5 amide bonds. The van der Waals surface area contributed by atoms with E-state index >= 15 is 0 Å². The van der Waals surface area contributed by atoms with Crippen molar-refractivity contribution in [2.24, 2.45) is 0 Å². The summed E-state index contributed by atoms with van der Waals surface area (Å²) in [6.45, 7) is 10.1. The van der Waals surface area contributed by atoms with Crippen molar-refractivity contribution in [1.82, 2.24) is 74.1 Å². The third-order valence-corrected chi connectivity index (χ3v) is 20.3. The van der Waals surface area contributed by atoms with Gasteiger partial charge >= 0.3 is 0 Å². The maximum absolute atomic E-state index is 15.0. The number of likely N-dealkylation sites (N-methyl/N-ethyl adjacent to an activating group) is 1. The first kappa shape index (κ1) is 67.7. The van der Waals surface area contributed by atoms with Crippen molar-refractivity contribution >= 4 is 80.6 Å². The maximum atomic E-state index is 15.0. The molecule has 1 atom stereocenters. The molecule has 2 saturated heterocycles. The predicted octanol–water partition coefficient (Wildman–Crippen LogP) is 12.7. The number of hydrogen-bond acceptors (Lipinski definition) is 14. The van der Waals surface area contributed by atoms with Crippen molar-refractivity contribution in [2.75, 3.05) is 61.8 Å². The molecule has 5 aliphatic heterocycles. The Morgan fingerprint density at radius 3 is 1.47 bits per heavy atom. The molecule has 2 fully saturated rings. The second-order valence-electron chi connectivity index (χ2n) is 26.9. The summed E-state index contributed by atoms with van der Waals surface area (Å²) in [6.07, 6.45) is 22.5. The monoisotopic (exact) mass is 1410 g/mol. The number of piperidine rings is 1. The van der Waals surface area contributed by atoms with Crippen molar-refractivity contribution in [2.45, 2.75) is 64.7 Å². The number of carbonyl (C=O) groups is 5. The van der Waals surface area contributed by atoms with E-state index in [1.807, 2.05) is 159 Å². The molecule has 0 radical (unpaired) electrons. The third kappa shape index (κ3) is 14.1. The number of nitrogens with one attached hydrogen (secondary N) is 8. The first-order chi connectivity index (χ1) is 51.9. The predicted molar refractivity (Wildman–Crippen MR) is 407 cm³/mol. The average molecular weight is 1410 g/mol. The van der Waals surface area contributed by atoms with E-state index in [0.717, 1.165) is 147 Å². The Kier molecular flexibility index (Phi) is 19.1. The van der Waals surface area contributed by atoms with Gasteiger partial charge in [0.15, 0.2) is 16.9 Å². The largest absolute Gasteiger partial charge is 0.352 e. The molecule has 24 heteroatoms. The highest BCUT2D eigenvalue weighted by molar-refractivity contribution is 6.01. The summed E-state index contributed by atoms with van der Waals surface area (Å²) in [5.74, 6) is -1.10. The van der Waals surface area contributed by atoms with Crippen molar-refractivity contribution in [3.8, 4) is 39.5 Å². The Balaban J connectivity index is 0.000000122. The van der Waals surface area contributed by atoms with Gasteiger partial charge in [0, 0.05) is 140 Å². The van der Waals surface area contributed by atoms with Crippen LogP contribution >= 0.6 is 0 Å². The fourth-order valence-corrected chi connectivity index (χ4v) is 14.8. The quantitative estimate of drug-likeness (QED) is 0.0398. The average Bonchev–Trinajstić information content (AvgIpc) is 1.58. The number of fused-ring (bicyclic) bond motifs is 6. The van der Waals surface area contributed by atoms with E-state index in [1.165, 1.54) is 31.4 Å². The minimum Gasteiger partial charge on any atom is -0.352 e. The van der Waals surface area contributed by atoms with Gasteiger partial charge in [0.05, 0.1) is 46.0 Å². The van der Waals surface area contributed by atoms with Crippen molar-refractivity contribution in [3.63, 3.8) is 0 Å². The van der Waals surface area contributed by atoms with E-state index in [1.54, 1.807) is 37.2 Å². The Hall–Kier alpha value is -12.8. The van der Waals surface area contributed by atoms with E-state index in [2.05, 4.69) is 102 Å². The Morgan fingerprint density at radius 1 is 0.500 bits per heavy atom. The molecule has 12 heterocycles. The fraction of sp³-hybridized carbons (Fsp3) is 0.207. The van der Waals surface area contributed by atoms with Gasteiger partial charge in [-0.15, -0.1) is 0 Å². The number of hydrogen-bond donors (Lipinski definition) is 8. The highest BCUT2D eigenvalue weighted by Gasteiger charge is 2.27. The standard InChI is InChI=1S/C29H29FN6O2.C29H30N6O2.C24H18N6O/c1-2-35-12-3-4-21(35)17-33-29(38)23-8-6-20(15-24(23)30)34-25-9-10-26(36-13-11-31-27(25)36)18-5-7-22-19(14-18)16-32-28(22)37;36-28(31-12-16-34-14-2-1-3-15-34)20-4-7-23(8-5-20)33-25-10-11-26(35-17-13-30-27(25)35)21-6-9-24-22(18-21)19-32-29(24)37;31-24-20-6-1-16(13-17(20)14-27-24)22-8-7-21(23-26-10-12-30(22)23)28-18-2-4-19(5-3-18)29-11-9-25-15-29/h5-11,13-15,21,34H,2-4,12,16-17H2,1H3,(H,32,37)(H,33,38);4-11,13,17-18,33H,1-3,12,14-16,19H2,(H,31,36)(H,32,37);1-13,15,28H,14H2,(H,27,31)/t21-;;/m0../s1. The molecule has 18 rings (SSSR count). The van der Waals surface area contributed by atoms with Gasteiger partial charge in [-0.1, -0.05) is 31.5 Å². The minimum atomic E-state index is -0.580. The van der Waals surface area contributed by atoms with E-state index in [0.29, 0.717) is 66.9 Å². The lowest BCUT2D eigenvalue weighted by Gasteiger charge is -2.26. The van der Waals surface area contributed by atoms with E-state index in [-0.39, 0.29) is 29.2 Å². The first-order valence-corrected chi connectivity index (χ1v) is 35.9. The minimum absolute atomic E-state index is 0.00654. The van der Waals surface area contributed by atoms with Crippen molar-refractivity contribution in [3.05, 3.63) is 264 Å². The lowest BCUT2D eigenvalue weighted by atomic mass is 10.0. The normalized spacial score (nSPS) is 15.2.